The zero-order valence-electron chi connectivity index (χ0n) is 9.50. The Kier molecular flexibility index (Phi) is 2.69. The van der Waals surface area contributed by atoms with Crippen LogP contribution in [0.15, 0.2) is 18.7 Å². The number of aromatic nitrogens is 5. The van der Waals surface area contributed by atoms with E-state index in [1.807, 2.05) is 6.20 Å². The molecule has 6 heteroatoms. The molecule has 3 rings (SSSR count). The van der Waals surface area contributed by atoms with Gasteiger partial charge in [-0.3, -0.25) is 4.68 Å². The van der Waals surface area contributed by atoms with Crippen molar-refractivity contribution >= 4 is 5.82 Å². The minimum Gasteiger partial charge on any atom is -0.368 e. The second kappa shape index (κ2) is 4.48. The van der Waals surface area contributed by atoms with Crippen LogP contribution in [0.5, 0.6) is 0 Å². The molecule has 0 bridgehead atoms. The van der Waals surface area contributed by atoms with Gasteiger partial charge < -0.3 is 5.32 Å². The van der Waals surface area contributed by atoms with Crippen LogP contribution in [0.4, 0.5) is 5.82 Å². The third-order valence-corrected chi connectivity index (χ3v) is 2.98. The Bertz CT molecular complexity index is 493. The van der Waals surface area contributed by atoms with Gasteiger partial charge in [0.05, 0.1) is 12.7 Å². The summed E-state index contributed by atoms with van der Waals surface area (Å²) in [5.74, 6) is 0.979. The molecule has 88 valence electrons. The van der Waals surface area contributed by atoms with Crippen LogP contribution in [0.25, 0.3) is 0 Å². The van der Waals surface area contributed by atoms with Gasteiger partial charge >= 0.3 is 0 Å². The number of nitrogens with one attached hydrogen (secondary N) is 1. The summed E-state index contributed by atoms with van der Waals surface area (Å²) in [5.41, 5.74) is 2.48. The van der Waals surface area contributed by atoms with E-state index in [1.54, 1.807) is 17.2 Å². The lowest BCUT2D eigenvalue weighted by Gasteiger charge is -2.09. The fraction of sp³-hybridized carbons (Fsp3) is 0.455. The number of fused-ring (bicyclic) bond motifs is 1. The molecule has 0 fully saturated rings. The van der Waals surface area contributed by atoms with Crippen LogP contribution >= 0.6 is 0 Å². The van der Waals surface area contributed by atoms with Crippen LogP contribution in [-0.2, 0) is 19.4 Å². The van der Waals surface area contributed by atoms with Gasteiger partial charge in [0.1, 0.15) is 12.1 Å². The lowest BCUT2D eigenvalue weighted by Crippen LogP contribution is -2.13. The van der Waals surface area contributed by atoms with Gasteiger partial charge in [0.15, 0.2) is 0 Å². The maximum atomic E-state index is 4.30. The quantitative estimate of drug-likeness (QED) is 0.836. The standard InChI is InChI=1S/C11H14N6/c1-2-9-10(3-1)13-8-14-11(9)12-4-6-17-7-5-15-16-17/h5,7-8H,1-4,6H2,(H,12,13,14). The zero-order valence-corrected chi connectivity index (χ0v) is 9.50. The maximum absolute atomic E-state index is 4.30. The normalized spacial score (nSPS) is 13.6. The highest BCUT2D eigenvalue weighted by Gasteiger charge is 2.16. The van der Waals surface area contributed by atoms with Crippen LogP contribution in [-0.4, -0.2) is 31.5 Å². The third kappa shape index (κ3) is 2.11. The molecule has 0 aromatic carbocycles. The first kappa shape index (κ1) is 10.2. The van der Waals surface area contributed by atoms with Crippen molar-refractivity contribution in [1.82, 2.24) is 25.0 Å². The third-order valence-electron chi connectivity index (χ3n) is 2.98. The van der Waals surface area contributed by atoms with E-state index in [0.717, 1.165) is 31.7 Å². The first-order chi connectivity index (χ1) is 8.43. The molecule has 0 spiro atoms. The summed E-state index contributed by atoms with van der Waals surface area (Å²) in [6.07, 6.45) is 8.53. The van der Waals surface area contributed by atoms with Crippen molar-refractivity contribution in [2.24, 2.45) is 0 Å². The summed E-state index contributed by atoms with van der Waals surface area (Å²) in [5, 5.41) is 11.0. The van der Waals surface area contributed by atoms with Gasteiger partial charge in [-0.2, -0.15) is 0 Å². The number of anilines is 1. The fourth-order valence-corrected chi connectivity index (χ4v) is 2.15. The van der Waals surface area contributed by atoms with E-state index in [4.69, 9.17) is 0 Å². The van der Waals surface area contributed by atoms with Crippen molar-refractivity contribution in [1.29, 1.82) is 0 Å². The Balaban J connectivity index is 1.64. The summed E-state index contributed by atoms with van der Waals surface area (Å²) < 4.78 is 1.80. The smallest absolute Gasteiger partial charge is 0.132 e. The topological polar surface area (TPSA) is 68.5 Å². The Labute approximate surface area is 99.1 Å². The molecule has 1 aliphatic rings. The number of hydrogen-bond donors (Lipinski definition) is 1. The number of rotatable bonds is 4. The van der Waals surface area contributed by atoms with E-state index < -0.39 is 0 Å². The molecule has 2 aromatic heterocycles. The van der Waals surface area contributed by atoms with Crippen molar-refractivity contribution in [3.8, 4) is 0 Å². The van der Waals surface area contributed by atoms with Gasteiger partial charge in [0.25, 0.3) is 0 Å². The SMILES string of the molecule is c1cn(CCNc2ncnc3c2CCC3)nn1. The first-order valence-corrected chi connectivity index (χ1v) is 5.84. The molecular formula is C11H14N6. The first-order valence-electron chi connectivity index (χ1n) is 5.84. The summed E-state index contributed by atoms with van der Waals surface area (Å²) in [6, 6.07) is 0. The molecule has 0 saturated carbocycles. The minimum atomic E-state index is 0.790. The molecule has 0 saturated heterocycles. The van der Waals surface area contributed by atoms with Crippen molar-refractivity contribution in [2.75, 3.05) is 11.9 Å². The molecule has 0 unspecified atom stereocenters. The van der Waals surface area contributed by atoms with Crippen LogP contribution in [0, 0.1) is 0 Å². The molecule has 2 heterocycles. The number of aryl methyl sites for hydroxylation is 1. The van der Waals surface area contributed by atoms with Gasteiger partial charge in [-0.25, -0.2) is 9.97 Å². The van der Waals surface area contributed by atoms with Gasteiger partial charge in [-0.15, -0.1) is 5.10 Å². The fourth-order valence-electron chi connectivity index (χ4n) is 2.15. The van der Waals surface area contributed by atoms with Crippen molar-refractivity contribution in [3.63, 3.8) is 0 Å². The molecule has 6 nitrogen and oxygen atoms in total. The molecule has 0 radical (unpaired) electrons. The molecule has 0 amide bonds. The molecule has 0 aliphatic heterocycles. The van der Waals surface area contributed by atoms with Gasteiger partial charge in [-0.1, -0.05) is 5.21 Å². The highest BCUT2D eigenvalue weighted by molar-refractivity contribution is 5.47. The van der Waals surface area contributed by atoms with E-state index in [9.17, 15) is 0 Å². The van der Waals surface area contributed by atoms with Gasteiger partial charge in [0.2, 0.25) is 0 Å². The monoisotopic (exact) mass is 230 g/mol. The van der Waals surface area contributed by atoms with Crippen LogP contribution in [0.1, 0.15) is 17.7 Å². The predicted octanol–water partition coefficient (Wildman–Crippen LogP) is 0.669. The predicted molar refractivity (Wildman–Crippen MR) is 62.6 cm³/mol. The largest absolute Gasteiger partial charge is 0.368 e. The van der Waals surface area contributed by atoms with Gasteiger partial charge in [0, 0.05) is 24.0 Å². The highest BCUT2D eigenvalue weighted by Crippen LogP contribution is 2.24. The summed E-state index contributed by atoms with van der Waals surface area (Å²) in [7, 11) is 0. The molecule has 1 N–H and O–H groups in total. The Morgan fingerprint density at radius 2 is 2.29 bits per heavy atom. The van der Waals surface area contributed by atoms with E-state index >= 15 is 0 Å². The summed E-state index contributed by atoms with van der Waals surface area (Å²) in [4.78, 5) is 8.60. The molecular weight excluding hydrogens is 216 g/mol. The average molecular weight is 230 g/mol. The number of nitrogens with zero attached hydrogens (tertiary/aromatic N) is 5. The van der Waals surface area contributed by atoms with Gasteiger partial charge in [-0.05, 0) is 19.3 Å². The molecule has 17 heavy (non-hydrogen) atoms. The second-order valence-corrected chi connectivity index (χ2v) is 4.09. The molecule has 2 aromatic rings. The van der Waals surface area contributed by atoms with Crippen molar-refractivity contribution in [2.45, 2.75) is 25.8 Å². The average Bonchev–Trinajstić information content (AvgIpc) is 2.99. The highest BCUT2D eigenvalue weighted by atomic mass is 15.4. The van der Waals surface area contributed by atoms with Crippen molar-refractivity contribution in [3.05, 3.63) is 30.0 Å². The van der Waals surface area contributed by atoms with E-state index in [1.165, 1.54) is 17.7 Å². The molecule has 0 atom stereocenters. The van der Waals surface area contributed by atoms with Crippen LogP contribution in [0.2, 0.25) is 0 Å². The molecule has 1 aliphatic carbocycles. The summed E-state index contributed by atoms with van der Waals surface area (Å²) >= 11 is 0. The number of hydrogen-bond acceptors (Lipinski definition) is 5. The second-order valence-electron chi connectivity index (χ2n) is 4.09. The lowest BCUT2D eigenvalue weighted by atomic mass is 10.2. The summed E-state index contributed by atoms with van der Waals surface area (Å²) in [6.45, 7) is 1.59. The van der Waals surface area contributed by atoms with Crippen LogP contribution in [0.3, 0.4) is 0 Å². The Morgan fingerprint density at radius 1 is 1.29 bits per heavy atom. The minimum absolute atomic E-state index is 0.790. The van der Waals surface area contributed by atoms with E-state index in [0.29, 0.717) is 0 Å². The van der Waals surface area contributed by atoms with Crippen LogP contribution < -0.4 is 5.32 Å². The van der Waals surface area contributed by atoms with E-state index in [2.05, 4.69) is 25.6 Å². The Hall–Kier alpha value is -1.98. The van der Waals surface area contributed by atoms with E-state index in [-0.39, 0.29) is 0 Å². The Morgan fingerprint density at radius 3 is 3.18 bits per heavy atom. The van der Waals surface area contributed by atoms with Crippen molar-refractivity contribution < 1.29 is 0 Å². The zero-order chi connectivity index (χ0) is 11.5. The lowest BCUT2D eigenvalue weighted by molar-refractivity contribution is 0.608. The maximum Gasteiger partial charge on any atom is 0.132 e.